The van der Waals surface area contributed by atoms with E-state index in [9.17, 15) is 14.4 Å². The zero-order chi connectivity index (χ0) is 29.7. The van der Waals surface area contributed by atoms with Crippen LogP contribution in [0.3, 0.4) is 0 Å². The van der Waals surface area contributed by atoms with Crippen molar-refractivity contribution in [3.05, 3.63) is 126 Å². The molecule has 0 saturated carbocycles. The van der Waals surface area contributed by atoms with Gasteiger partial charge in [-0.1, -0.05) is 61.5 Å². The molecule has 4 aromatic rings. The Kier molecular flexibility index (Phi) is 10.8. The third-order valence-corrected chi connectivity index (χ3v) is 6.71. The topological polar surface area (TPSA) is 97.8 Å². The van der Waals surface area contributed by atoms with Gasteiger partial charge in [-0.2, -0.15) is 0 Å². The summed E-state index contributed by atoms with van der Waals surface area (Å²) in [7, 11) is 1.34. The van der Waals surface area contributed by atoms with Gasteiger partial charge in [0.1, 0.15) is 18.4 Å². The van der Waals surface area contributed by atoms with Gasteiger partial charge in [0, 0.05) is 42.2 Å². The number of pyridine rings is 1. The summed E-state index contributed by atoms with van der Waals surface area (Å²) in [4.78, 5) is 44.5. The van der Waals surface area contributed by atoms with E-state index >= 15 is 0 Å². The summed E-state index contributed by atoms with van der Waals surface area (Å²) in [6.45, 7) is 3.43. The van der Waals surface area contributed by atoms with E-state index in [1.54, 1.807) is 59.8 Å². The summed E-state index contributed by atoms with van der Waals surface area (Å²) in [6, 6.07) is 26.4. The molecule has 0 bridgehead atoms. The zero-order valence-electron chi connectivity index (χ0n) is 23.9. The number of carbonyl (C=O) groups excluding carboxylic acids is 3. The predicted octanol–water partition coefficient (Wildman–Crippen LogP) is 5.44. The van der Waals surface area contributed by atoms with Gasteiger partial charge in [-0.25, -0.2) is 4.79 Å². The monoisotopic (exact) mass is 565 g/mol. The van der Waals surface area contributed by atoms with Crippen LogP contribution in [0.25, 0.3) is 0 Å². The quantitative estimate of drug-likeness (QED) is 0.161. The molecule has 0 aliphatic rings. The van der Waals surface area contributed by atoms with Crippen LogP contribution in [0.1, 0.15) is 45.2 Å². The van der Waals surface area contributed by atoms with Crippen LogP contribution in [-0.2, 0) is 16.0 Å². The average Bonchev–Trinajstić information content (AvgIpc) is 3.04. The lowest BCUT2D eigenvalue weighted by Gasteiger charge is -2.22. The van der Waals surface area contributed by atoms with Crippen molar-refractivity contribution in [1.29, 1.82) is 0 Å². The Morgan fingerprint density at radius 2 is 1.57 bits per heavy atom. The van der Waals surface area contributed by atoms with Gasteiger partial charge in [0.25, 0.3) is 5.91 Å². The van der Waals surface area contributed by atoms with Crippen molar-refractivity contribution in [3.63, 3.8) is 0 Å². The average molecular weight is 566 g/mol. The van der Waals surface area contributed by atoms with Gasteiger partial charge in [0.15, 0.2) is 5.78 Å². The maximum atomic E-state index is 13.2. The fourth-order valence-electron chi connectivity index (χ4n) is 4.56. The molecule has 1 heterocycles. The molecule has 0 aliphatic heterocycles. The van der Waals surface area contributed by atoms with Crippen molar-refractivity contribution in [2.24, 2.45) is 0 Å². The highest BCUT2D eigenvalue weighted by Crippen LogP contribution is 2.22. The molecule has 1 aromatic heterocycles. The minimum Gasteiger partial charge on any atom is -0.492 e. The lowest BCUT2D eigenvalue weighted by Crippen LogP contribution is -2.35. The van der Waals surface area contributed by atoms with Crippen LogP contribution in [0.2, 0.25) is 0 Å². The van der Waals surface area contributed by atoms with Crippen LogP contribution < -0.4 is 10.1 Å². The normalized spacial score (nSPS) is 11.3. The third-order valence-electron chi connectivity index (χ3n) is 6.71. The Balaban J connectivity index is 1.39. The Morgan fingerprint density at radius 3 is 2.26 bits per heavy atom. The highest BCUT2D eigenvalue weighted by molar-refractivity contribution is 6.12. The largest absolute Gasteiger partial charge is 0.492 e. The molecule has 0 radical (unpaired) electrons. The first kappa shape index (κ1) is 30.0. The number of ketones is 1. The van der Waals surface area contributed by atoms with Gasteiger partial charge in [-0.3, -0.25) is 14.6 Å². The summed E-state index contributed by atoms with van der Waals surface area (Å²) in [6.07, 6.45) is 4.38. The molecule has 0 aliphatic carbocycles. The summed E-state index contributed by atoms with van der Waals surface area (Å²) in [5, 5.41) is 3.23. The van der Waals surface area contributed by atoms with E-state index in [-0.39, 0.29) is 11.7 Å². The van der Waals surface area contributed by atoms with Crippen molar-refractivity contribution in [1.82, 2.24) is 9.88 Å². The number of anilines is 1. The molecule has 0 fully saturated rings. The lowest BCUT2D eigenvalue weighted by atomic mass is 10.00. The summed E-state index contributed by atoms with van der Waals surface area (Å²) < 4.78 is 11.0. The van der Waals surface area contributed by atoms with Crippen LogP contribution in [0.15, 0.2) is 103 Å². The predicted molar refractivity (Wildman–Crippen MR) is 162 cm³/mol. The molecule has 1 N–H and O–H groups in total. The van der Waals surface area contributed by atoms with Crippen molar-refractivity contribution in [2.75, 3.05) is 32.1 Å². The van der Waals surface area contributed by atoms with Crippen molar-refractivity contribution in [3.8, 4) is 5.75 Å². The van der Waals surface area contributed by atoms with Gasteiger partial charge in [-0.15, -0.1) is 0 Å². The number of benzene rings is 3. The van der Waals surface area contributed by atoms with Crippen LogP contribution in [0.4, 0.5) is 5.69 Å². The fraction of sp³-hybridized carbons (Fsp3) is 0.235. The molecule has 3 aromatic carbocycles. The van der Waals surface area contributed by atoms with E-state index < -0.39 is 12.0 Å². The second-order valence-electron chi connectivity index (χ2n) is 9.69. The molecule has 8 nitrogen and oxygen atoms in total. The second-order valence-corrected chi connectivity index (χ2v) is 9.69. The number of rotatable bonds is 14. The van der Waals surface area contributed by atoms with Gasteiger partial charge < -0.3 is 19.7 Å². The Hall–Kier alpha value is -4.98. The number of nitrogens with one attached hydrogen (secondary N) is 1. The molecule has 0 saturated heterocycles. The third kappa shape index (κ3) is 8.04. The molecule has 0 unspecified atom stereocenters. The Morgan fingerprint density at radius 1 is 0.857 bits per heavy atom. The molecule has 1 atom stereocenters. The van der Waals surface area contributed by atoms with Crippen molar-refractivity contribution in [2.45, 2.75) is 25.8 Å². The number of nitrogens with zero attached hydrogens (tertiary/aromatic N) is 2. The molecule has 42 heavy (non-hydrogen) atoms. The van der Waals surface area contributed by atoms with Gasteiger partial charge in [0.2, 0.25) is 0 Å². The van der Waals surface area contributed by atoms with E-state index in [1.165, 1.54) is 7.11 Å². The molecule has 0 spiro atoms. The summed E-state index contributed by atoms with van der Waals surface area (Å²) in [5.74, 6) is 0.0118. The molecule has 4 rings (SSSR count). The second kappa shape index (κ2) is 15.1. The Bertz CT molecular complexity index is 1460. The molecule has 8 heteroatoms. The highest BCUT2D eigenvalue weighted by Gasteiger charge is 2.23. The number of esters is 1. The number of hydrogen-bond donors (Lipinski definition) is 1. The minimum atomic E-state index is -0.715. The smallest absolute Gasteiger partial charge is 0.328 e. The van der Waals surface area contributed by atoms with Crippen molar-refractivity contribution < 1.29 is 23.9 Å². The van der Waals surface area contributed by atoms with Crippen molar-refractivity contribution >= 4 is 23.3 Å². The van der Waals surface area contributed by atoms with Gasteiger partial charge >= 0.3 is 5.97 Å². The molecule has 1 amide bonds. The lowest BCUT2D eigenvalue weighted by molar-refractivity contribution is -0.141. The van der Waals surface area contributed by atoms with Crippen LogP contribution >= 0.6 is 0 Å². The molecular formula is C34H35N3O5. The number of hydrogen-bond acceptors (Lipinski definition) is 7. The number of methoxy groups -OCH3 is 1. The Labute approximate surface area is 246 Å². The zero-order valence-corrected chi connectivity index (χ0v) is 23.9. The first-order valence-corrected chi connectivity index (χ1v) is 13.9. The summed E-state index contributed by atoms with van der Waals surface area (Å²) in [5.41, 5.74) is 3.03. The summed E-state index contributed by atoms with van der Waals surface area (Å²) >= 11 is 0. The number of ether oxygens (including phenoxy) is 2. The van der Waals surface area contributed by atoms with Crippen LogP contribution in [-0.4, -0.2) is 60.4 Å². The molecule has 216 valence electrons. The fourth-order valence-corrected chi connectivity index (χ4v) is 4.56. The van der Waals surface area contributed by atoms with E-state index in [0.717, 1.165) is 12.0 Å². The van der Waals surface area contributed by atoms with Gasteiger partial charge in [-0.05, 0) is 48.4 Å². The maximum Gasteiger partial charge on any atom is 0.328 e. The number of aromatic nitrogens is 1. The number of amides is 1. The van der Waals surface area contributed by atoms with Gasteiger partial charge in [0.05, 0.1) is 19.2 Å². The standard InChI is InChI=1S/C34H35N3O5/c1-3-20-37(33(39)27-12-9-19-35-24-27)21-22-42-28-17-15-25(16-18-28)23-31(34(40)41-2)36-30-14-8-7-13-29(30)32(38)26-10-5-4-6-11-26/h4-19,24,31,36H,3,20-23H2,1-2H3/t31-/m0/s1. The maximum absolute atomic E-state index is 13.2. The van der Waals surface area contributed by atoms with Crippen LogP contribution in [0.5, 0.6) is 5.75 Å². The number of para-hydroxylation sites is 1. The van der Waals surface area contributed by atoms with Crippen LogP contribution in [0, 0.1) is 0 Å². The van der Waals surface area contributed by atoms with E-state index in [4.69, 9.17) is 9.47 Å². The number of carbonyl (C=O) groups is 3. The van der Waals surface area contributed by atoms with E-state index in [2.05, 4.69) is 10.3 Å². The van der Waals surface area contributed by atoms with E-state index in [1.807, 2.05) is 55.5 Å². The van der Waals surface area contributed by atoms with E-state index in [0.29, 0.717) is 54.2 Å². The minimum absolute atomic E-state index is 0.0720. The molecular weight excluding hydrogens is 530 g/mol. The first-order valence-electron chi connectivity index (χ1n) is 13.9. The SMILES string of the molecule is CCCN(CCOc1ccc(C[C@H](Nc2ccccc2C(=O)c2ccccc2)C(=O)OC)cc1)C(=O)c1cccnc1. The first-order chi connectivity index (χ1) is 20.5. The highest BCUT2D eigenvalue weighted by atomic mass is 16.5.